The fraction of sp³-hybridized carbons (Fsp3) is 0.476. The molecule has 5 aliphatic rings. The van der Waals surface area contributed by atoms with Crippen LogP contribution in [0.25, 0.3) is 0 Å². The van der Waals surface area contributed by atoms with E-state index >= 15 is 0 Å². The molecule has 1 heterocycles. The highest BCUT2D eigenvalue weighted by Gasteiger charge is 2.67. The van der Waals surface area contributed by atoms with Crippen molar-refractivity contribution in [2.45, 2.75) is 26.3 Å². The summed E-state index contributed by atoms with van der Waals surface area (Å²) in [5.41, 5.74) is 1.78. The van der Waals surface area contributed by atoms with Crippen molar-refractivity contribution < 1.29 is 14.4 Å². The largest absolute Gasteiger partial charge is 0.324 e. The maximum atomic E-state index is 13.0. The van der Waals surface area contributed by atoms with Crippen LogP contribution in [0.15, 0.2) is 36.4 Å². The average Bonchev–Trinajstić information content (AvgIpc) is 3.41. The van der Waals surface area contributed by atoms with E-state index in [0.717, 1.165) is 12.0 Å². The Hall–Kier alpha value is -2.43. The van der Waals surface area contributed by atoms with Gasteiger partial charge in [0.25, 0.3) is 0 Å². The molecule has 6 rings (SSSR count). The third-order valence-electron chi connectivity index (χ3n) is 6.78. The molecular formula is C21H22N2O3. The Morgan fingerprint density at radius 2 is 1.58 bits per heavy atom. The minimum absolute atomic E-state index is 0.156. The van der Waals surface area contributed by atoms with Gasteiger partial charge in [0.05, 0.1) is 11.8 Å². The number of hydrogen-bond acceptors (Lipinski definition) is 3. The number of benzene rings is 1. The van der Waals surface area contributed by atoms with Gasteiger partial charge in [-0.05, 0) is 56.1 Å². The molecular weight excluding hydrogens is 328 g/mol. The number of allylic oxidation sites excluding steroid dienone is 2. The van der Waals surface area contributed by atoms with Gasteiger partial charge in [0, 0.05) is 5.69 Å². The minimum atomic E-state index is -0.794. The molecule has 5 heteroatoms. The summed E-state index contributed by atoms with van der Waals surface area (Å²) in [5.74, 6) is 0.367. The Labute approximate surface area is 152 Å². The van der Waals surface area contributed by atoms with E-state index in [2.05, 4.69) is 17.5 Å². The predicted octanol–water partition coefficient (Wildman–Crippen LogP) is 2.38. The third kappa shape index (κ3) is 2.06. The molecule has 1 aliphatic heterocycles. The summed E-state index contributed by atoms with van der Waals surface area (Å²) >= 11 is 0. The Morgan fingerprint density at radius 3 is 2.12 bits per heavy atom. The maximum absolute atomic E-state index is 13.0. The zero-order valence-corrected chi connectivity index (χ0v) is 14.9. The Kier molecular flexibility index (Phi) is 3.21. The van der Waals surface area contributed by atoms with Gasteiger partial charge in [-0.15, -0.1) is 0 Å². The zero-order valence-electron chi connectivity index (χ0n) is 14.9. The lowest BCUT2D eigenvalue weighted by Gasteiger charge is -2.37. The fourth-order valence-corrected chi connectivity index (χ4v) is 5.36. The Balaban J connectivity index is 1.37. The number of carbonyl (C=O) groups excluding carboxylic acids is 3. The van der Waals surface area contributed by atoms with Crippen LogP contribution in [0.4, 0.5) is 5.69 Å². The van der Waals surface area contributed by atoms with Crippen molar-refractivity contribution in [3.63, 3.8) is 0 Å². The van der Waals surface area contributed by atoms with E-state index in [-0.39, 0.29) is 41.4 Å². The SMILES string of the molecule is Cc1ccc(NC(=O)[C@H](C)N2C(=O)[C@@H]3[C@@H]4C=C[C@H]([C@H]5C[C@H]45)[C@@H]3C2=O)cc1. The summed E-state index contributed by atoms with van der Waals surface area (Å²) in [4.78, 5) is 40.0. The molecule has 1 aromatic carbocycles. The van der Waals surface area contributed by atoms with E-state index in [1.807, 2.05) is 31.2 Å². The van der Waals surface area contributed by atoms with E-state index in [4.69, 9.17) is 0 Å². The monoisotopic (exact) mass is 350 g/mol. The number of carbonyl (C=O) groups is 3. The van der Waals surface area contributed by atoms with Crippen molar-refractivity contribution in [1.82, 2.24) is 4.90 Å². The number of amides is 3. The topological polar surface area (TPSA) is 66.5 Å². The molecule has 4 aliphatic carbocycles. The zero-order chi connectivity index (χ0) is 18.2. The summed E-state index contributed by atoms with van der Waals surface area (Å²) in [6.07, 6.45) is 5.43. The second-order valence-corrected chi connectivity index (χ2v) is 8.23. The number of rotatable bonds is 3. The summed E-state index contributed by atoms with van der Waals surface area (Å²) in [6, 6.07) is 6.68. The van der Waals surface area contributed by atoms with Gasteiger partial charge in [0.15, 0.2) is 0 Å². The summed E-state index contributed by atoms with van der Waals surface area (Å²) in [5, 5.41) is 2.82. The number of anilines is 1. The van der Waals surface area contributed by atoms with Crippen LogP contribution in [-0.2, 0) is 14.4 Å². The van der Waals surface area contributed by atoms with E-state index < -0.39 is 6.04 Å². The maximum Gasteiger partial charge on any atom is 0.247 e. The van der Waals surface area contributed by atoms with Crippen molar-refractivity contribution >= 4 is 23.4 Å². The van der Waals surface area contributed by atoms with Crippen molar-refractivity contribution in [3.8, 4) is 0 Å². The lowest BCUT2D eigenvalue weighted by Crippen LogP contribution is -2.46. The normalized spacial score (nSPS) is 37.4. The fourth-order valence-electron chi connectivity index (χ4n) is 5.36. The first-order valence-corrected chi connectivity index (χ1v) is 9.40. The van der Waals surface area contributed by atoms with Crippen LogP contribution in [0.3, 0.4) is 0 Å². The van der Waals surface area contributed by atoms with Gasteiger partial charge >= 0.3 is 0 Å². The van der Waals surface area contributed by atoms with Gasteiger partial charge in [-0.3, -0.25) is 19.3 Å². The first-order chi connectivity index (χ1) is 12.5. The molecule has 1 N–H and O–H groups in total. The lowest BCUT2D eigenvalue weighted by atomic mass is 9.63. The molecule has 3 fully saturated rings. The number of likely N-dealkylation sites (tertiary alicyclic amines) is 1. The molecule has 0 unspecified atom stereocenters. The second kappa shape index (κ2) is 5.29. The van der Waals surface area contributed by atoms with Gasteiger partial charge in [0.1, 0.15) is 6.04 Å². The number of nitrogens with zero attached hydrogens (tertiary/aromatic N) is 1. The molecule has 0 radical (unpaired) electrons. The van der Waals surface area contributed by atoms with Crippen LogP contribution in [0.5, 0.6) is 0 Å². The number of hydrogen-bond donors (Lipinski definition) is 1. The molecule has 5 nitrogen and oxygen atoms in total. The van der Waals surface area contributed by atoms with E-state index in [1.165, 1.54) is 4.90 Å². The molecule has 134 valence electrons. The molecule has 3 amide bonds. The highest BCUT2D eigenvalue weighted by Crippen LogP contribution is 2.65. The van der Waals surface area contributed by atoms with Crippen molar-refractivity contribution in [3.05, 3.63) is 42.0 Å². The van der Waals surface area contributed by atoms with Gasteiger partial charge < -0.3 is 5.32 Å². The van der Waals surface area contributed by atoms with Gasteiger partial charge in [0.2, 0.25) is 17.7 Å². The van der Waals surface area contributed by atoms with Gasteiger partial charge in [-0.1, -0.05) is 29.8 Å². The van der Waals surface area contributed by atoms with Crippen LogP contribution in [0.1, 0.15) is 18.9 Å². The predicted molar refractivity (Wildman–Crippen MR) is 95.8 cm³/mol. The molecule has 2 bridgehead atoms. The standard InChI is InChI=1S/C21H22N2O3/c1-10-3-5-12(6-4-10)22-19(24)11(2)23-20(25)17-13-7-8-14(16-9-15(13)16)18(17)21(23)26/h3-8,11,13-18H,9H2,1-2H3,(H,22,24)/t11-,13+,14+,15+,16+,17-,18+/m0/s1. The summed E-state index contributed by atoms with van der Waals surface area (Å²) < 4.78 is 0. The minimum Gasteiger partial charge on any atom is -0.324 e. The summed E-state index contributed by atoms with van der Waals surface area (Å²) in [6.45, 7) is 3.62. The second-order valence-electron chi connectivity index (χ2n) is 8.23. The molecule has 7 atom stereocenters. The lowest BCUT2D eigenvalue weighted by molar-refractivity contribution is -0.146. The number of nitrogens with one attached hydrogen (secondary N) is 1. The first kappa shape index (κ1) is 15.8. The Bertz CT molecular complexity index is 807. The van der Waals surface area contributed by atoms with E-state index in [1.54, 1.807) is 6.92 Å². The highest BCUT2D eigenvalue weighted by molar-refractivity contribution is 6.10. The van der Waals surface area contributed by atoms with Crippen LogP contribution >= 0.6 is 0 Å². The third-order valence-corrected chi connectivity index (χ3v) is 6.78. The van der Waals surface area contributed by atoms with Crippen molar-refractivity contribution in [2.24, 2.45) is 35.5 Å². The molecule has 1 aromatic rings. The highest BCUT2D eigenvalue weighted by atomic mass is 16.2. The van der Waals surface area contributed by atoms with Crippen molar-refractivity contribution in [2.75, 3.05) is 5.32 Å². The molecule has 0 aromatic heterocycles. The molecule has 1 saturated heterocycles. The first-order valence-electron chi connectivity index (χ1n) is 9.40. The van der Waals surface area contributed by atoms with Crippen LogP contribution in [-0.4, -0.2) is 28.7 Å². The van der Waals surface area contributed by atoms with Crippen molar-refractivity contribution in [1.29, 1.82) is 0 Å². The van der Waals surface area contributed by atoms with Crippen LogP contribution < -0.4 is 5.32 Å². The number of imide groups is 1. The van der Waals surface area contributed by atoms with Gasteiger partial charge in [-0.2, -0.15) is 0 Å². The molecule has 0 spiro atoms. The van der Waals surface area contributed by atoms with Crippen LogP contribution in [0.2, 0.25) is 0 Å². The smallest absolute Gasteiger partial charge is 0.247 e. The number of aryl methyl sites for hydroxylation is 1. The molecule has 26 heavy (non-hydrogen) atoms. The quantitative estimate of drug-likeness (QED) is 0.672. The molecule has 2 saturated carbocycles. The average molecular weight is 350 g/mol. The Morgan fingerprint density at radius 1 is 1.04 bits per heavy atom. The van der Waals surface area contributed by atoms with Gasteiger partial charge in [-0.25, -0.2) is 0 Å². The van der Waals surface area contributed by atoms with E-state index in [9.17, 15) is 14.4 Å². The van der Waals surface area contributed by atoms with E-state index in [0.29, 0.717) is 17.5 Å². The summed E-state index contributed by atoms with van der Waals surface area (Å²) in [7, 11) is 0. The van der Waals surface area contributed by atoms with Crippen LogP contribution in [0, 0.1) is 42.4 Å².